The van der Waals surface area contributed by atoms with Crippen molar-refractivity contribution in [3.8, 4) is 11.5 Å². The molecule has 0 saturated heterocycles. The fourth-order valence-electron chi connectivity index (χ4n) is 3.69. The molecule has 0 radical (unpaired) electrons. The fraction of sp³-hybridized carbons (Fsp3) is 0.462. The Kier molecular flexibility index (Phi) is 11.5. The highest BCUT2D eigenvalue weighted by molar-refractivity contribution is 6.35. The summed E-state index contributed by atoms with van der Waals surface area (Å²) in [7, 11) is 3.16. The van der Waals surface area contributed by atoms with Gasteiger partial charge < -0.3 is 19.7 Å². The Morgan fingerprint density at radius 2 is 1.76 bits per heavy atom. The van der Waals surface area contributed by atoms with Gasteiger partial charge in [-0.3, -0.25) is 9.59 Å². The molecule has 0 spiro atoms. The van der Waals surface area contributed by atoms with Gasteiger partial charge in [0.1, 0.15) is 6.04 Å². The minimum atomic E-state index is -0.596. The van der Waals surface area contributed by atoms with Gasteiger partial charge in [-0.15, -0.1) is 0 Å². The molecule has 0 heterocycles. The Labute approximate surface area is 212 Å². The van der Waals surface area contributed by atoms with E-state index in [2.05, 4.69) is 12.2 Å². The van der Waals surface area contributed by atoms with E-state index in [-0.39, 0.29) is 24.8 Å². The molecule has 0 aromatic heterocycles. The number of ether oxygens (including phenoxy) is 2. The van der Waals surface area contributed by atoms with E-state index in [9.17, 15) is 9.59 Å². The summed E-state index contributed by atoms with van der Waals surface area (Å²) >= 11 is 12.4. The van der Waals surface area contributed by atoms with E-state index in [0.29, 0.717) is 40.9 Å². The number of aryl methyl sites for hydroxylation is 1. The molecule has 186 valence electrons. The average molecular weight is 509 g/mol. The summed E-state index contributed by atoms with van der Waals surface area (Å²) in [6.07, 6.45) is 3.09. The molecule has 2 amide bonds. The van der Waals surface area contributed by atoms with Crippen molar-refractivity contribution in [3.63, 3.8) is 0 Å². The number of nitrogens with one attached hydrogen (secondary N) is 1. The number of benzene rings is 2. The number of hydrogen-bond donors (Lipinski definition) is 1. The topological polar surface area (TPSA) is 67.9 Å². The third-order valence-electron chi connectivity index (χ3n) is 5.65. The maximum atomic E-state index is 13.4. The molecule has 0 bridgehead atoms. The molecule has 1 N–H and O–H groups in total. The Hall–Kier alpha value is -2.44. The molecule has 1 atom stereocenters. The van der Waals surface area contributed by atoms with Crippen LogP contribution in [-0.4, -0.2) is 43.5 Å². The van der Waals surface area contributed by atoms with E-state index in [1.54, 1.807) is 37.3 Å². The van der Waals surface area contributed by atoms with Crippen LogP contribution < -0.4 is 14.8 Å². The molecule has 2 aromatic carbocycles. The predicted molar refractivity (Wildman–Crippen MR) is 137 cm³/mol. The van der Waals surface area contributed by atoms with Crippen molar-refractivity contribution in [2.45, 2.75) is 58.5 Å². The molecular weight excluding hydrogens is 475 g/mol. The van der Waals surface area contributed by atoms with Crippen LogP contribution in [0.5, 0.6) is 11.5 Å². The second-order valence-corrected chi connectivity index (χ2v) is 8.86. The summed E-state index contributed by atoms with van der Waals surface area (Å²) < 4.78 is 10.7. The van der Waals surface area contributed by atoms with Crippen LogP contribution in [0.4, 0.5) is 0 Å². The van der Waals surface area contributed by atoms with Crippen LogP contribution in [0.1, 0.15) is 50.7 Å². The SMILES string of the molecule is CCCCNC(=O)[C@H](CC)N(Cc1ccc(Cl)cc1Cl)C(=O)CCc1ccc(OC)c(OC)c1. The third kappa shape index (κ3) is 7.81. The van der Waals surface area contributed by atoms with Crippen molar-refractivity contribution in [3.05, 3.63) is 57.6 Å². The van der Waals surface area contributed by atoms with Gasteiger partial charge in [0.25, 0.3) is 0 Å². The maximum absolute atomic E-state index is 13.4. The molecule has 8 heteroatoms. The average Bonchev–Trinajstić information content (AvgIpc) is 2.83. The summed E-state index contributed by atoms with van der Waals surface area (Å²) in [4.78, 5) is 28.0. The van der Waals surface area contributed by atoms with Crippen LogP contribution in [0.3, 0.4) is 0 Å². The number of amides is 2. The lowest BCUT2D eigenvalue weighted by Gasteiger charge is -2.31. The second kappa shape index (κ2) is 14.1. The van der Waals surface area contributed by atoms with Gasteiger partial charge in [0.15, 0.2) is 11.5 Å². The quantitative estimate of drug-likeness (QED) is 0.354. The molecule has 0 aliphatic rings. The first-order valence-electron chi connectivity index (χ1n) is 11.6. The summed E-state index contributed by atoms with van der Waals surface area (Å²) in [6.45, 7) is 4.78. The monoisotopic (exact) mass is 508 g/mol. The smallest absolute Gasteiger partial charge is 0.242 e. The molecule has 0 saturated carbocycles. The van der Waals surface area contributed by atoms with Crippen molar-refractivity contribution in [1.29, 1.82) is 0 Å². The van der Waals surface area contributed by atoms with Gasteiger partial charge in [-0.1, -0.05) is 55.6 Å². The molecule has 6 nitrogen and oxygen atoms in total. The summed E-state index contributed by atoms with van der Waals surface area (Å²) in [5.74, 6) is 0.962. The number of carbonyl (C=O) groups excluding carboxylic acids is 2. The standard InChI is InChI=1S/C26H34Cl2N2O4/c1-5-7-14-29-26(32)22(6-2)30(17-19-10-11-20(27)16-21(19)28)25(31)13-9-18-8-12-23(33-3)24(15-18)34-4/h8,10-12,15-16,22H,5-7,9,13-14,17H2,1-4H3,(H,29,32)/t22-/m0/s1. The summed E-state index contributed by atoms with van der Waals surface area (Å²) in [5.41, 5.74) is 1.68. The van der Waals surface area contributed by atoms with E-state index in [1.807, 2.05) is 25.1 Å². The van der Waals surface area contributed by atoms with Crippen molar-refractivity contribution in [1.82, 2.24) is 10.2 Å². The summed E-state index contributed by atoms with van der Waals surface area (Å²) in [5, 5.41) is 3.95. The van der Waals surface area contributed by atoms with Crippen molar-refractivity contribution in [2.75, 3.05) is 20.8 Å². The summed E-state index contributed by atoms with van der Waals surface area (Å²) in [6, 6.07) is 10.2. The zero-order valence-corrected chi connectivity index (χ0v) is 21.8. The normalized spacial score (nSPS) is 11.6. The zero-order valence-electron chi connectivity index (χ0n) is 20.3. The molecule has 0 unspecified atom stereocenters. The number of carbonyl (C=O) groups is 2. The fourth-order valence-corrected chi connectivity index (χ4v) is 4.16. The predicted octanol–water partition coefficient (Wildman–Crippen LogP) is 5.67. The van der Waals surface area contributed by atoms with Crippen LogP contribution in [-0.2, 0) is 22.6 Å². The molecule has 0 aliphatic heterocycles. The van der Waals surface area contributed by atoms with Gasteiger partial charge in [-0.2, -0.15) is 0 Å². The van der Waals surface area contributed by atoms with Gasteiger partial charge in [0.2, 0.25) is 11.8 Å². The zero-order chi connectivity index (χ0) is 25.1. The first-order valence-corrected chi connectivity index (χ1v) is 12.3. The molecule has 34 heavy (non-hydrogen) atoms. The van der Waals surface area contributed by atoms with Crippen LogP contribution >= 0.6 is 23.2 Å². The third-order valence-corrected chi connectivity index (χ3v) is 6.23. The molecule has 0 aliphatic carbocycles. The molecule has 2 aromatic rings. The van der Waals surface area contributed by atoms with Gasteiger partial charge in [-0.05, 0) is 54.7 Å². The highest BCUT2D eigenvalue weighted by atomic mass is 35.5. The van der Waals surface area contributed by atoms with E-state index in [4.69, 9.17) is 32.7 Å². The van der Waals surface area contributed by atoms with Gasteiger partial charge in [0.05, 0.1) is 14.2 Å². The Bertz CT molecular complexity index is 968. The minimum Gasteiger partial charge on any atom is -0.493 e. The van der Waals surface area contributed by atoms with Crippen molar-refractivity contribution < 1.29 is 19.1 Å². The number of methoxy groups -OCH3 is 2. The molecule has 2 rings (SSSR count). The number of unbranched alkanes of at least 4 members (excludes halogenated alkanes) is 1. The van der Waals surface area contributed by atoms with Crippen LogP contribution in [0.15, 0.2) is 36.4 Å². The van der Waals surface area contributed by atoms with Gasteiger partial charge in [-0.25, -0.2) is 0 Å². The van der Waals surface area contributed by atoms with E-state index >= 15 is 0 Å². The maximum Gasteiger partial charge on any atom is 0.242 e. The Morgan fingerprint density at radius 1 is 1.03 bits per heavy atom. The highest BCUT2D eigenvalue weighted by Crippen LogP contribution is 2.28. The van der Waals surface area contributed by atoms with E-state index < -0.39 is 6.04 Å². The molecular formula is C26H34Cl2N2O4. The van der Waals surface area contributed by atoms with Crippen LogP contribution in [0.25, 0.3) is 0 Å². The van der Waals surface area contributed by atoms with Crippen LogP contribution in [0, 0.1) is 0 Å². The van der Waals surface area contributed by atoms with Gasteiger partial charge >= 0.3 is 0 Å². The highest BCUT2D eigenvalue weighted by Gasteiger charge is 2.28. The van der Waals surface area contributed by atoms with Crippen molar-refractivity contribution >= 4 is 35.0 Å². The lowest BCUT2D eigenvalue weighted by Crippen LogP contribution is -2.49. The molecule has 0 fully saturated rings. The number of hydrogen-bond acceptors (Lipinski definition) is 4. The van der Waals surface area contributed by atoms with E-state index in [1.165, 1.54) is 0 Å². The number of rotatable bonds is 13. The minimum absolute atomic E-state index is 0.127. The largest absolute Gasteiger partial charge is 0.493 e. The number of nitrogens with zero attached hydrogens (tertiary/aromatic N) is 1. The van der Waals surface area contributed by atoms with Gasteiger partial charge in [0, 0.05) is 29.6 Å². The first kappa shape index (κ1) is 27.8. The second-order valence-electron chi connectivity index (χ2n) is 8.02. The van der Waals surface area contributed by atoms with Crippen molar-refractivity contribution in [2.24, 2.45) is 0 Å². The lowest BCUT2D eigenvalue weighted by molar-refractivity contribution is -0.141. The Balaban J connectivity index is 2.24. The van der Waals surface area contributed by atoms with Crippen LogP contribution in [0.2, 0.25) is 10.0 Å². The number of halogens is 2. The van der Waals surface area contributed by atoms with E-state index in [0.717, 1.165) is 24.0 Å². The Morgan fingerprint density at radius 3 is 2.38 bits per heavy atom. The first-order chi connectivity index (χ1) is 16.3. The lowest BCUT2D eigenvalue weighted by atomic mass is 10.1.